The van der Waals surface area contributed by atoms with Gasteiger partial charge in [-0.05, 0) is 6.07 Å². The molecule has 0 amide bonds. The van der Waals surface area contributed by atoms with Gasteiger partial charge in [0, 0.05) is 32.1 Å². The zero-order valence-corrected chi connectivity index (χ0v) is 12.3. The SMILES string of the molecule is O=C1OCC2(CCN(c3ncnc4cc[nH]c34)CC2)O1.O=CO. The summed E-state index contributed by atoms with van der Waals surface area (Å²) in [4.78, 5) is 33.5. The Kier molecular flexibility index (Phi) is 4.00. The first-order valence-electron chi connectivity index (χ1n) is 7.14. The van der Waals surface area contributed by atoms with Gasteiger partial charge in [-0.15, -0.1) is 0 Å². The molecule has 0 unspecified atom stereocenters. The molecule has 122 valence electrons. The van der Waals surface area contributed by atoms with E-state index in [1.165, 1.54) is 0 Å². The molecule has 1 spiro atoms. The van der Waals surface area contributed by atoms with E-state index in [4.69, 9.17) is 19.4 Å². The number of cyclic esters (lactones) is 1. The summed E-state index contributed by atoms with van der Waals surface area (Å²) in [5.74, 6) is 0.903. The van der Waals surface area contributed by atoms with E-state index >= 15 is 0 Å². The Hall–Kier alpha value is -2.84. The minimum absolute atomic E-state index is 0.250. The van der Waals surface area contributed by atoms with Gasteiger partial charge in [-0.1, -0.05) is 0 Å². The predicted molar refractivity (Wildman–Crippen MR) is 79.2 cm³/mol. The van der Waals surface area contributed by atoms with Crippen molar-refractivity contribution in [3.05, 3.63) is 18.6 Å². The van der Waals surface area contributed by atoms with Gasteiger partial charge in [-0.3, -0.25) is 4.79 Å². The quantitative estimate of drug-likeness (QED) is 0.594. The molecule has 2 saturated heterocycles. The van der Waals surface area contributed by atoms with Gasteiger partial charge < -0.3 is 24.5 Å². The number of nitrogens with zero attached hydrogens (tertiary/aromatic N) is 3. The van der Waals surface area contributed by atoms with Gasteiger partial charge in [0.25, 0.3) is 6.47 Å². The highest BCUT2D eigenvalue weighted by molar-refractivity contribution is 5.85. The minimum Gasteiger partial charge on any atom is -0.483 e. The lowest BCUT2D eigenvalue weighted by atomic mass is 9.92. The molecule has 0 aliphatic carbocycles. The van der Waals surface area contributed by atoms with Crippen LogP contribution in [0.25, 0.3) is 11.0 Å². The number of nitrogens with one attached hydrogen (secondary N) is 1. The zero-order valence-electron chi connectivity index (χ0n) is 12.3. The summed E-state index contributed by atoms with van der Waals surface area (Å²) in [6, 6.07) is 1.93. The number of hydrogen-bond acceptors (Lipinski definition) is 7. The van der Waals surface area contributed by atoms with E-state index in [0.29, 0.717) is 6.61 Å². The molecule has 2 aliphatic rings. The molecule has 0 radical (unpaired) electrons. The summed E-state index contributed by atoms with van der Waals surface area (Å²) < 4.78 is 10.3. The number of ether oxygens (including phenoxy) is 2. The standard InChI is InChI=1S/C13H14N4O3.CH2O2/c18-12-19-7-13(20-12)2-5-17(6-3-13)11-10-9(1-4-14-10)15-8-16-11;2-1-3/h1,4,8,14H,2-3,5-7H2;1H,(H,2,3). The zero-order chi connectivity index (χ0) is 16.3. The lowest BCUT2D eigenvalue weighted by Gasteiger charge is -2.36. The topological polar surface area (TPSA) is 118 Å². The molecule has 2 aromatic rings. The van der Waals surface area contributed by atoms with E-state index in [0.717, 1.165) is 42.8 Å². The van der Waals surface area contributed by atoms with E-state index in [9.17, 15) is 4.79 Å². The normalized spacial score (nSPS) is 19.0. The first-order valence-corrected chi connectivity index (χ1v) is 7.14. The Morgan fingerprint density at radius 3 is 2.74 bits per heavy atom. The predicted octanol–water partition coefficient (Wildman–Crippen LogP) is 1.16. The molecule has 2 aliphatic heterocycles. The summed E-state index contributed by atoms with van der Waals surface area (Å²) in [6.45, 7) is 1.67. The molecule has 9 nitrogen and oxygen atoms in total. The van der Waals surface area contributed by atoms with Gasteiger partial charge in [0.2, 0.25) is 0 Å². The molecular weight excluding hydrogens is 304 g/mol. The van der Waals surface area contributed by atoms with Crippen LogP contribution in [0.2, 0.25) is 0 Å². The smallest absolute Gasteiger partial charge is 0.483 e. The molecule has 4 rings (SSSR count). The molecule has 0 bridgehead atoms. The number of H-pyrrole nitrogens is 1. The molecule has 0 saturated carbocycles. The van der Waals surface area contributed by atoms with Crippen LogP contribution >= 0.6 is 0 Å². The number of hydrogen-bond donors (Lipinski definition) is 2. The largest absolute Gasteiger partial charge is 0.509 e. The van der Waals surface area contributed by atoms with Crippen molar-refractivity contribution in [2.75, 3.05) is 24.6 Å². The monoisotopic (exact) mass is 320 g/mol. The van der Waals surface area contributed by atoms with Crippen molar-refractivity contribution in [3.8, 4) is 0 Å². The van der Waals surface area contributed by atoms with Crippen LogP contribution in [-0.2, 0) is 14.3 Å². The number of fused-ring (bicyclic) bond motifs is 1. The van der Waals surface area contributed by atoms with Crippen LogP contribution in [0.1, 0.15) is 12.8 Å². The molecule has 0 aromatic carbocycles. The van der Waals surface area contributed by atoms with Crippen LogP contribution in [0, 0.1) is 0 Å². The van der Waals surface area contributed by atoms with Crippen LogP contribution < -0.4 is 4.90 Å². The highest BCUT2D eigenvalue weighted by atomic mass is 16.8. The van der Waals surface area contributed by atoms with Crippen molar-refractivity contribution >= 4 is 29.5 Å². The molecule has 4 heterocycles. The number of piperidine rings is 1. The first kappa shape index (κ1) is 15.1. The Balaban J connectivity index is 0.000000485. The maximum Gasteiger partial charge on any atom is 0.509 e. The molecule has 23 heavy (non-hydrogen) atoms. The van der Waals surface area contributed by atoms with Crippen molar-refractivity contribution in [1.82, 2.24) is 15.0 Å². The number of carbonyl (C=O) groups excluding carboxylic acids is 1. The lowest BCUT2D eigenvalue weighted by molar-refractivity contribution is -0.122. The summed E-state index contributed by atoms with van der Waals surface area (Å²) in [6.07, 6.45) is 4.40. The van der Waals surface area contributed by atoms with Crippen LogP contribution in [0.3, 0.4) is 0 Å². The average Bonchev–Trinajstić information content (AvgIpc) is 3.16. The average molecular weight is 320 g/mol. The highest BCUT2D eigenvalue weighted by Gasteiger charge is 2.45. The Bertz CT molecular complexity index is 708. The molecule has 2 fully saturated rings. The Morgan fingerprint density at radius 2 is 2.09 bits per heavy atom. The number of aromatic amines is 1. The number of anilines is 1. The fourth-order valence-corrected chi connectivity index (χ4v) is 2.90. The van der Waals surface area contributed by atoms with Crippen molar-refractivity contribution in [2.24, 2.45) is 0 Å². The molecule has 2 N–H and O–H groups in total. The number of rotatable bonds is 1. The van der Waals surface area contributed by atoms with Gasteiger partial charge in [0.1, 0.15) is 18.5 Å². The van der Waals surface area contributed by atoms with Crippen molar-refractivity contribution in [1.29, 1.82) is 0 Å². The van der Waals surface area contributed by atoms with Crippen molar-refractivity contribution < 1.29 is 24.2 Å². The summed E-state index contributed by atoms with van der Waals surface area (Å²) >= 11 is 0. The molecule has 2 aromatic heterocycles. The lowest BCUT2D eigenvalue weighted by Crippen LogP contribution is -2.46. The van der Waals surface area contributed by atoms with Gasteiger partial charge in [-0.25, -0.2) is 14.8 Å². The van der Waals surface area contributed by atoms with Gasteiger partial charge in [0.05, 0.1) is 5.52 Å². The fraction of sp³-hybridized carbons (Fsp3) is 0.429. The second-order valence-corrected chi connectivity index (χ2v) is 5.35. The van der Waals surface area contributed by atoms with Crippen LogP contribution in [-0.4, -0.2) is 58.0 Å². The summed E-state index contributed by atoms with van der Waals surface area (Å²) in [5, 5.41) is 6.89. The first-order chi connectivity index (χ1) is 11.2. The van der Waals surface area contributed by atoms with Crippen LogP contribution in [0.4, 0.5) is 10.6 Å². The maximum atomic E-state index is 11.1. The van der Waals surface area contributed by atoms with Crippen LogP contribution in [0.5, 0.6) is 0 Å². The minimum atomic E-state index is -0.549. The second kappa shape index (κ2) is 6.11. The van der Waals surface area contributed by atoms with E-state index in [-0.39, 0.29) is 6.47 Å². The maximum absolute atomic E-state index is 11.1. The van der Waals surface area contributed by atoms with Gasteiger partial charge >= 0.3 is 6.16 Å². The number of carbonyl (C=O) groups is 2. The molecule has 0 atom stereocenters. The molecular formula is C14H16N4O5. The van der Waals surface area contributed by atoms with Crippen molar-refractivity contribution in [3.63, 3.8) is 0 Å². The summed E-state index contributed by atoms with van der Waals surface area (Å²) in [5.41, 5.74) is 1.42. The Morgan fingerprint density at radius 1 is 1.35 bits per heavy atom. The van der Waals surface area contributed by atoms with Gasteiger partial charge in [-0.2, -0.15) is 0 Å². The Labute approximate surface area is 131 Å². The third-order valence-electron chi connectivity index (χ3n) is 4.05. The van der Waals surface area contributed by atoms with E-state index < -0.39 is 11.8 Å². The number of aromatic nitrogens is 3. The van der Waals surface area contributed by atoms with E-state index in [2.05, 4.69) is 19.9 Å². The van der Waals surface area contributed by atoms with E-state index in [1.807, 2.05) is 12.3 Å². The second-order valence-electron chi connectivity index (χ2n) is 5.35. The molecule has 9 heteroatoms. The summed E-state index contributed by atoms with van der Waals surface area (Å²) in [7, 11) is 0. The third-order valence-corrected chi connectivity index (χ3v) is 4.05. The van der Waals surface area contributed by atoms with Crippen LogP contribution in [0.15, 0.2) is 18.6 Å². The number of carboxylic acid groups (broad SMARTS) is 1. The van der Waals surface area contributed by atoms with Gasteiger partial charge in [0.15, 0.2) is 11.4 Å². The third kappa shape index (κ3) is 2.89. The van der Waals surface area contributed by atoms with Crippen molar-refractivity contribution in [2.45, 2.75) is 18.4 Å². The highest BCUT2D eigenvalue weighted by Crippen LogP contribution is 2.34. The fourth-order valence-electron chi connectivity index (χ4n) is 2.90. The van der Waals surface area contributed by atoms with E-state index in [1.54, 1.807) is 6.33 Å².